The van der Waals surface area contributed by atoms with E-state index in [-0.39, 0.29) is 36.2 Å². The molecule has 3 atom stereocenters. The Morgan fingerprint density at radius 3 is 2.27 bits per heavy atom. The van der Waals surface area contributed by atoms with Crippen LogP contribution in [0.1, 0.15) is 37.3 Å². The smallest absolute Gasteiger partial charge is 0.329 e. The van der Waals surface area contributed by atoms with Gasteiger partial charge in [0.2, 0.25) is 5.91 Å². The minimum atomic E-state index is -0.622. The van der Waals surface area contributed by atoms with E-state index in [1.807, 2.05) is 74.5 Å². The van der Waals surface area contributed by atoms with Crippen LogP contribution in [-0.2, 0) is 20.9 Å². The molecule has 1 amide bonds. The molecular weight excluding hydrogens is 326 g/mol. The third-order valence-electron chi connectivity index (χ3n) is 4.80. The van der Waals surface area contributed by atoms with Gasteiger partial charge in [-0.3, -0.25) is 4.79 Å². The number of carbonyl (C=O) groups excluding carboxylic acids is 2. The van der Waals surface area contributed by atoms with Gasteiger partial charge in [0.25, 0.3) is 0 Å². The van der Waals surface area contributed by atoms with E-state index in [1.165, 1.54) is 5.56 Å². The highest BCUT2D eigenvalue weighted by Gasteiger charge is 2.45. The first-order chi connectivity index (χ1) is 12.6. The van der Waals surface area contributed by atoms with Gasteiger partial charge >= 0.3 is 5.97 Å². The second-order valence-electron chi connectivity index (χ2n) is 7.18. The van der Waals surface area contributed by atoms with Crippen LogP contribution in [0.25, 0.3) is 0 Å². The summed E-state index contributed by atoms with van der Waals surface area (Å²) >= 11 is 0. The fourth-order valence-electron chi connectivity index (χ4n) is 3.13. The van der Waals surface area contributed by atoms with Crippen molar-refractivity contribution in [2.75, 3.05) is 0 Å². The van der Waals surface area contributed by atoms with Crippen molar-refractivity contribution in [2.45, 2.75) is 38.8 Å². The molecule has 26 heavy (non-hydrogen) atoms. The fraction of sp³-hybridized carbons (Fsp3) is 0.364. The van der Waals surface area contributed by atoms with Gasteiger partial charge in [0.05, 0.1) is 0 Å². The normalized spacial score (nSPS) is 19.7. The molecule has 3 unspecified atom stereocenters. The van der Waals surface area contributed by atoms with Gasteiger partial charge in [-0.2, -0.15) is 0 Å². The number of rotatable bonds is 7. The molecule has 2 aromatic rings. The Bertz CT molecular complexity index is 742. The van der Waals surface area contributed by atoms with Gasteiger partial charge in [-0.15, -0.1) is 0 Å². The number of esters is 1. The second-order valence-corrected chi connectivity index (χ2v) is 7.18. The average molecular weight is 351 g/mol. The lowest BCUT2D eigenvalue weighted by Gasteiger charge is -2.21. The van der Waals surface area contributed by atoms with Crippen molar-refractivity contribution in [3.05, 3.63) is 71.8 Å². The summed E-state index contributed by atoms with van der Waals surface area (Å²) < 4.78 is 5.41. The van der Waals surface area contributed by atoms with E-state index in [9.17, 15) is 9.59 Å². The average Bonchev–Trinajstić information content (AvgIpc) is 3.46. The zero-order chi connectivity index (χ0) is 18.5. The van der Waals surface area contributed by atoms with Gasteiger partial charge in [0.1, 0.15) is 12.6 Å². The molecule has 4 heteroatoms. The van der Waals surface area contributed by atoms with Crippen LogP contribution in [0.5, 0.6) is 0 Å². The van der Waals surface area contributed by atoms with Gasteiger partial charge in [-0.1, -0.05) is 74.5 Å². The number of hydrogen-bond acceptors (Lipinski definition) is 3. The number of ether oxygens (including phenoxy) is 1. The first-order valence-corrected chi connectivity index (χ1v) is 9.12. The summed E-state index contributed by atoms with van der Waals surface area (Å²) in [6.07, 6.45) is 0.833. The highest BCUT2D eigenvalue weighted by atomic mass is 16.5. The van der Waals surface area contributed by atoms with Gasteiger partial charge < -0.3 is 10.1 Å². The first kappa shape index (κ1) is 18.2. The lowest BCUT2D eigenvalue weighted by molar-refractivity contribution is -0.150. The summed E-state index contributed by atoms with van der Waals surface area (Å²) in [5, 5.41) is 2.90. The Kier molecular flexibility index (Phi) is 5.71. The van der Waals surface area contributed by atoms with Crippen molar-refractivity contribution in [3.63, 3.8) is 0 Å². The Balaban J connectivity index is 1.55. The van der Waals surface area contributed by atoms with Crippen molar-refractivity contribution in [1.29, 1.82) is 0 Å². The zero-order valence-electron chi connectivity index (χ0n) is 15.2. The standard InChI is InChI=1S/C22H25NO3/c1-15(2)20(22(25)26-14-16-9-5-3-6-10-16)23-21(24)19-13-18(19)17-11-7-4-8-12-17/h3-12,15,18-20H,13-14H2,1-2H3,(H,23,24). The predicted octanol–water partition coefficient (Wildman–Crippen LogP) is 3.67. The molecular formula is C22H25NO3. The molecule has 3 rings (SSSR count). The van der Waals surface area contributed by atoms with Crippen LogP contribution in [0.2, 0.25) is 0 Å². The molecule has 2 aromatic carbocycles. The minimum Gasteiger partial charge on any atom is -0.459 e. The number of hydrogen-bond donors (Lipinski definition) is 1. The molecule has 1 aliphatic rings. The molecule has 0 bridgehead atoms. The molecule has 1 saturated carbocycles. The molecule has 0 heterocycles. The summed E-state index contributed by atoms with van der Waals surface area (Å²) in [6.45, 7) is 4.04. The van der Waals surface area contributed by atoms with Crippen molar-refractivity contribution >= 4 is 11.9 Å². The van der Waals surface area contributed by atoms with Crippen molar-refractivity contribution in [1.82, 2.24) is 5.32 Å². The van der Waals surface area contributed by atoms with E-state index in [1.54, 1.807) is 0 Å². The molecule has 1 aliphatic carbocycles. The largest absolute Gasteiger partial charge is 0.459 e. The molecule has 0 spiro atoms. The van der Waals surface area contributed by atoms with Crippen molar-refractivity contribution in [2.24, 2.45) is 11.8 Å². The molecule has 1 fully saturated rings. The third kappa shape index (κ3) is 4.51. The van der Waals surface area contributed by atoms with Crippen molar-refractivity contribution < 1.29 is 14.3 Å². The monoisotopic (exact) mass is 351 g/mol. The molecule has 0 aromatic heterocycles. The van der Waals surface area contributed by atoms with Crippen LogP contribution in [-0.4, -0.2) is 17.9 Å². The SMILES string of the molecule is CC(C)C(NC(=O)C1CC1c1ccccc1)C(=O)OCc1ccccc1. The van der Waals surface area contributed by atoms with Gasteiger partial charge in [0, 0.05) is 5.92 Å². The summed E-state index contributed by atoms with van der Waals surface area (Å²) in [6, 6.07) is 19.0. The van der Waals surface area contributed by atoms with E-state index in [0.29, 0.717) is 0 Å². The van der Waals surface area contributed by atoms with Gasteiger partial charge in [0.15, 0.2) is 0 Å². The quantitative estimate of drug-likeness (QED) is 0.774. The number of nitrogens with one attached hydrogen (secondary N) is 1. The summed E-state index contributed by atoms with van der Waals surface area (Å²) in [4.78, 5) is 25.0. The Morgan fingerprint density at radius 2 is 1.65 bits per heavy atom. The van der Waals surface area contributed by atoms with Crippen LogP contribution in [0.15, 0.2) is 60.7 Å². The maximum absolute atomic E-state index is 12.6. The second kappa shape index (κ2) is 8.17. The topological polar surface area (TPSA) is 55.4 Å². The minimum absolute atomic E-state index is 0.0313. The lowest BCUT2D eigenvalue weighted by atomic mass is 10.0. The van der Waals surface area contributed by atoms with E-state index in [0.717, 1.165) is 12.0 Å². The fourth-order valence-corrected chi connectivity index (χ4v) is 3.13. The molecule has 0 radical (unpaired) electrons. The van der Waals surface area contributed by atoms with Gasteiger partial charge in [-0.05, 0) is 29.4 Å². The highest BCUT2D eigenvalue weighted by molar-refractivity contribution is 5.88. The Hall–Kier alpha value is -2.62. The highest BCUT2D eigenvalue weighted by Crippen LogP contribution is 2.47. The molecule has 1 N–H and O–H groups in total. The van der Waals surface area contributed by atoms with E-state index in [2.05, 4.69) is 5.32 Å². The molecule has 0 saturated heterocycles. The predicted molar refractivity (Wildman–Crippen MR) is 100 cm³/mol. The molecule has 136 valence electrons. The zero-order valence-corrected chi connectivity index (χ0v) is 15.2. The maximum Gasteiger partial charge on any atom is 0.329 e. The van der Waals surface area contributed by atoms with E-state index < -0.39 is 6.04 Å². The summed E-state index contributed by atoms with van der Waals surface area (Å²) in [5.41, 5.74) is 2.11. The van der Waals surface area contributed by atoms with Crippen LogP contribution >= 0.6 is 0 Å². The van der Waals surface area contributed by atoms with E-state index >= 15 is 0 Å². The number of amides is 1. The number of benzene rings is 2. The molecule has 0 aliphatic heterocycles. The van der Waals surface area contributed by atoms with Crippen LogP contribution in [0, 0.1) is 11.8 Å². The van der Waals surface area contributed by atoms with E-state index in [4.69, 9.17) is 4.74 Å². The van der Waals surface area contributed by atoms with Crippen LogP contribution in [0.3, 0.4) is 0 Å². The van der Waals surface area contributed by atoms with Gasteiger partial charge in [-0.25, -0.2) is 4.79 Å². The lowest BCUT2D eigenvalue weighted by Crippen LogP contribution is -2.46. The summed E-state index contributed by atoms with van der Waals surface area (Å²) in [5.74, 6) is -0.274. The molecule has 4 nitrogen and oxygen atoms in total. The summed E-state index contributed by atoms with van der Waals surface area (Å²) in [7, 11) is 0. The van der Waals surface area contributed by atoms with Crippen molar-refractivity contribution in [3.8, 4) is 0 Å². The van der Waals surface area contributed by atoms with Crippen LogP contribution in [0.4, 0.5) is 0 Å². The number of carbonyl (C=O) groups is 2. The Morgan fingerprint density at radius 1 is 1.04 bits per heavy atom. The third-order valence-corrected chi connectivity index (χ3v) is 4.80. The maximum atomic E-state index is 12.6. The first-order valence-electron chi connectivity index (χ1n) is 9.12. The van der Waals surface area contributed by atoms with Crippen LogP contribution < -0.4 is 5.32 Å². The Labute approximate surface area is 154 Å².